The van der Waals surface area contributed by atoms with E-state index < -0.39 is 17.3 Å². The molecular formula is C7H7ClN2O2S. The van der Waals surface area contributed by atoms with Crippen LogP contribution in [-0.2, 0) is 4.79 Å². The van der Waals surface area contributed by atoms with Crippen LogP contribution in [0.5, 0.6) is 0 Å². The molecule has 2 amide bonds. The van der Waals surface area contributed by atoms with Crippen LogP contribution in [-0.4, -0.2) is 11.3 Å². The van der Waals surface area contributed by atoms with E-state index in [1.807, 2.05) is 0 Å². The van der Waals surface area contributed by atoms with Crippen LogP contribution in [0.4, 0.5) is 4.79 Å². The Morgan fingerprint density at radius 2 is 2.31 bits per heavy atom. The number of rotatable bonds is 3. The van der Waals surface area contributed by atoms with Crippen molar-refractivity contribution in [1.82, 2.24) is 5.32 Å². The maximum atomic E-state index is 10.9. The standard InChI is InChI=1S/C7H7ClN2O2S/c8-6(11)5(10-7(9)12)4-2-1-3-13-4/h1-3,5H,(H3,9,10,12)/t5-/m1/s1. The first-order valence-corrected chi connectivity index (χ1v) is 4.65. The molecule has 0 radical (unpaired) electrons. The Balaban J connectivity index is 2.81. The molecule has 0 saturated carbocycles. The van der Waals surface area contributed by atoms with Gasteiger partial charge >= 0.3 is 6.03 Å². The van der Waals surface area contributed by atoms with E-state index in [2.05, 4.69) is 5.32 Å². The van der Waals surface area contributed by atoms with Gasteiger partial charge in [-0.3, -0.25) is 4.79 Å². The highest BCUT2D eigenvalue weighted by Crippen LogP contribution is 2.20. The molecule has 0 unspecified atom stereocenters. The van der Waals surface area contributed by atoms with Gasteiger partial charge in [-0.15, -0.1) is 11.3 Å². The normalized spacial score (nSPS) is 12.1. The Hall–Kier alpha value is -1.07. The lowest BCUT2D eigenvalue weighted by molar-refractivity contribution is -0.113. The minimum absolute atomic E-state index is 0.652. The molecule has 13 heavy (non-hydrogen) atoms. The maximum absolute atomic E-state index is 10.9. The number of primary amides is 1. The van der Waals surface area contributed by atoms with Crippen LogP contribution < -0.4 is 11.1 Å². The van der Waals surface area contributed by atoms with Gasteiger partial charge in [-0.05, 0) is 23.0 Å². The Bertz CT molecular complexity index is 312. The molecule has 4 nitrogen and oxygen atoms in total. The smallest absolute Gasteiger partial charge is 0.313 e. The van der Waals surface area contributed by atoms with Gasteiger partial charge in [0.05, 0.1) is 0 Å². The molecular weight excluding hydrogens is 212 g/mol. The fourth-order valence-electron chi connectivity index (χ4n) is 0.837. The van der Waals surface area contributed by atoms with Gasteiger partial charge in [-0.2, -0.15) is 0 Å². The van der Waals surface area contributed by atoms with Crippen molar-refractivity contribution in [1.29, 1.82) is 0 Å². The minimum atomic E-state index is -0.834. The van der Waals surface area contributed by atoms with Crippen molar-refractivity contribution >= 4 is 34.2 Å². The summed E-state index contributed by atoms with van der Waals surface area (Å²) in [6.07, 6.45) is 0. The number of urea groups is 1. The summed E-state index contributed by atoms with van der Waals surface area (Å²) in [5.41, 5.74) is 4.88. The number of thiophene rings is 1. The summed E-state index contributed by atoms with van der Waals surface area (Å²) >= 11 is 6.60. The molecule has 0 spiro atoms. The molecule has 1 atom stereocenters. The lowest BCUT2D eigenvalue weighted by atomic mass is 10.3. The lowest BCUT2D eigenvalue weighted by Crippen LogP contribution is -2.35. The van der Waals surface area contributed by atoms with Crippen molar-refractivity contribution in [2.75, 3.05) is 0 Å². The molecule has 0 aliphatic rings. The highest BCUT2D eigenvalue weighted by atomic mass is 35.5. The van der Waals surface area contributed by atoms with Crippen molar-refractivity contribution in [2.24, 2.45) is 5.73 Å². The fraction of sp³-hybridized carbons (Fsp3) is 0.143. The van der Waals surface area contributed by atoms with Crippen LogP contribution in [0.25, 0.3) is 0 Å². The third-order valence-corrected chi connectivity index (χ3v) is 2.50. The van der Waals surface area contributed by atoms with E-state index in [0.29, 0.717) is 4.88 Å². The number of amides is 2. The second kappa shape index (κ2) is 4.25. The molecule has 1 heterocycles. The molecule has 0 aromatic carbocycles. The molecule has 3 N–H and O–H groups in total. The predicted octanol–water partition coefficient (Wildman–Crippen LogP) is 1.22. The molecule has 1 rings (SSSR count). The van der Waals surface area contributed by atoms with Gasteiger partial charge in [0.25, 0.3) is 0 Å². The van der Waals surface area contributed by atoms with Crippen LogP contribution in [0.2, 0.25) is 0 Å². The zero-order chi connectivity index (χ0) is 9.84. The summed E-state index contributed by atoms with van der Waals surface area (Å²) < 4.78 is 0. The number of hydrogen-bond acceptors (Lipinski definition) is 3. The van der Waals surface area contributed by atoms with Gasteiger partial charge in [0, 0.05) is 4.88 Å². The molecule has 0 bridgehead atoms. The zero-order valence-electron chi connectivity index (χ0n) is 6.49. The molecule has 0 aliphatic carbocycles. The van der Waals surface area contributed by atoms with E-state index in [1.165, 1.54) is 11.3 Å². The van der Waals surface area contributed by atoms with E-state index in [0.717, 1.165) is 0 Å². The van der Waals surface area contributed by atoms with Gasteiger partial charge in [-0.1, -0.05) is 6.07 Å². The summed E-state index contributed by atoms with van der Waals surface area (Å²) in [6.45, 7) is 0. The average molecular weight is 219 g/mol. The third kappa shape index (κ3) is 2.71. The van der Waals surface area contributed by atoms with Crippen molar-refractivity contribution in [3.05, 3.63) is 22.4 Å². The Morgan fingerprint density at radius 3 is 2.69 bits per heavy atom. The molecule has 6 heteroatoms. The first-order valence-electron chi connectivity index (χ1n) is 3.40. The van der Waals surface area contributed by atoms with Crippen LogP contribution in [0, 0.1) is 0 Å². The second-order valence-electron chi connectivity index (χ2n) is 2.26. The summed E-state index contributed by atoms with van der Waals surface area (Å²) in [4.78, 5) is 22.1. The SMILES string of the molecule is NC(=O)N[C@@H](C(=O)Cl)c1cccs1. The van der Waals surface area contributed by atoms with Crippen molar-refractivity contribution < 1.29 is 9.59 Å². The van der Waals surface area contributed by atoms with Gasteiger partial charge in [-0.25, -0.2) is 4.79 Å². The number of hydrogen-bond donors (Lipinski definition) is 2. The molecule has 1 aromatic heterocycles. The maximum Gasteiger partial charge on any atom is 0.313 e. The Labute approximate surface area is 83.7 Å². The van der Waals surface area contributed by atoms with E-state index >= 15 is 0 Å². The van der Waals surface area contributed by atoms with E-state index in [4.69, 9.17) is 17.3 Å². The molecule has 0 aliphatic heterocycles. The topological polar surface area (TPSA) is 72.2 Å². The number of nitrogens with one attached hydrogen (secondary N) is 1. The van der Waals surface area contributed by atoms with Crippen LogP contribution in [0.1, 0.15) is 10.9 Å². The summed E-state index contributed by atoms with van der Waals surface area (Å²) in [7, 11) is 0. The van der Waals surface area contributed by atoms with Crippen LogP contribution in [0.15, 0.2) is 17.5 Å². The van der Waals surface area contributed by atoms with Gasteiger partial charge in [0.2, 0.25) is 5.24 Å². The van der Waals surface area contributed by atoms with Crippen LogP contribution >= 0.6 is 22.9 Å². The zero-order valence-corrected chi connectivity index (χ0v) is 8.06. The molecule has 0 saturated heterocycles. The highest BCUT2D eigenvalue weighted by Gasteiger charge is 2.20. The molecule has 1 aromatic rings. The fourth-order valence-corrected chi connectivity index (χ4v) is 1.85. The summed E-state index contributed by atoms with van der Waals surface area (Å²) in [5, 5.41) is 3.38. The highest BCUT2D eigenvalue weighted by molar-refractivity contribution is 7.10. The molecule has 70 valence electrons. The van der Waals surface area contributed by atoms with E-state index in [9.17, 15) is 9.59 Å². The third-order valence-electron chi connectivity index (χ3n) is 1.34. The summed E-state index contributed by atoms with van der Waals surface area (Å²) in [6, 6.07) is 1.85. The largest absolute Gasteiger partial charge is 0.352 e. The van der Waals surface area contributed by atoms with Gasteiger partial charge < -0.3 is 11.1 Å². The van der Waals surface area contributed by atoms with E-state index in [-0.39, 0.29) is 0 Å². The van der Waals surface area contributed by atoms with E-state index in [1.54, 1.807) is 17.5 Å². The van der Waals surface area contributed by atoms with Gasteiger partial charge in [0.1, 0.15) is 6.04 Å². The summed E-state index contributed by atoms with van der Waals surface area (Å²) in [5.74, 6) is 0. The Kier molecular flexibility index (Phi) is 3.27. The second-order valence-corrected chi connectivity index (χ2v) is 3.61. The van der Waals surface area contributed by atoms with Crippen LogP contribution in [0.3, 0.4) is 0 Å². The number of nitrogens with two attached hydrogens (primary N) is 1. The number of halogens is 1. The minimum Gasteiger partial charge on any atom is -0.352 e. The first kappa shape index (κ1) is 10.0. The average Bonchev–Trinajstić information content (AvgIpc) is 2.50. The number of carbonyl (C=O) groups excluding carboxylic acids is 2. The first-order chi connectivity index (χ1) is 6.11. The van der Waals surface area contributed by atoms with Crippen molar-refractivity contribution in [3.8, 4) is 0 Å². The monoisotopic (exact) mass is 218 g/mol. The predicted molar refractivity (Wildman–Crippen MR) is 50.6 cm³/mol. The van der Waals surface area contributed by atoms with Crippen molar-refractivity contribution in [2.45, 2.75) is 6.04 Å². The van der Waals surface area contributed by atoms with Crippen molar-refractivity contribution in [3.63, 3.8) is 0 Å². The Morgan fingerprint density at radius 1 is 1.62 bits per heavy atom. The number of carbonyl (C=O) groups is 2. The quantitative estimate of drug-likeness (QED) is 0.749. The lowest BCUT2D eigenvalue weighted by Gasteiger charge is -2.10. The van der Waals surface area contributed by atoms with Gasteiger partial charge in [0.15, 0.2) is 0 Å². The molecule has 0 fully saturated rings.